The molecule has 1 aliphatic carbocycles. The van der Waals surface area contributed by atoms with Crippen LogP contribution in [0.2, 0.25) is 0 Å². The summed E-state index contributed by atoms with van der Waals surface area (Å²) in [6.45, 7) is 2.30. The molecule has 0 heterocycles. The fourth-order valence-corrected chi connectivity index (χ4v) is 2.77. The molecule has 0 radical (unpaired) electrons. The Bertz CT molecular complexity index is 537. The first kappa shape index (κ1) is 16.3. The van der Waals surface area contributed by atoms with Crippen molar-refractivity contribution in [2.75, 3.05) is 7.11 Å². The summed E-state index contributed by atoms with van der Waals surface area (Å²) < 4.78 is 9.29. The van der Waals surface area contributed by atoms with Crippen molar-refractivity contribution in [2.24, 2.45) is 5.92 Å². The van der Waals surface area contributed by atoms with Gasteiger partial charge < -0.3 is 9.47 Å². The Kier molecular flexibility index (Phi) is 5.75. The van der Waals surface area contributed by atoms with Crippen molar-refractivity contribution < 1.29 is 19.1 Å². The van der Waals surface area contributed by atoms with E-state index in [-0.39, 0.29) is 0 Å². The van der Waals surface area contributed by atoms with E-state index in [0.717, 1.165) is 18.3 Å². The highest BCUT2D eigenvalue weighted by molar-refractivity contribution is 5.90. The normalized spacial score (nSPS) is 21.5. The topological polar surface area (TPSA) is 52.6 Å². The van der Waals surface area contributed by atoms with Crippen LogP contribution in [0.3, 0.4) is 0 Å². The molecule has 0 amide bonds. The van der Waals surface area contributed by atoms with E-state index in [4.69, 9.17) is 4.74 Å². The third-order valence-electron chi connectivity index (χ3n) is 4.21. The van der Waals surface area contributed by atoms with Crippen molar-refractivity contribution >= 4 is 11.9 Å². The first-order valence-corrected chi connectivity index (χ1v) is 7.65. The van der Waals surface area contributed by atoms with Crippen molar-refractivity contribution in [3.8, 4) is 0 Å². The summed E-state index contributed by atoms with van der Waals surface area (Å²) in [7, 11) is 1.26. The lowest BCUT2D eigenvalue weighted by molar-refractivity contribution is -0.134. The van der Waals surface area contributed by atoms with Crippen molar-refractivity contribution in [1.29, 1.82) is 0 Å². The van der Waals surface area contributed by atoms with Gasteiger partial charge in [-0.05, 0) is 42.4 Å². The van der Waals surface area contributed by atoms with Crippen molar-refractivity contribution in [3.63, 3.8) is 0 Å². The number of ether oxygens (including phenoxy) is 2. The molecule has 0 bridgehead atoms. The maximum atomic E-state index is 11.8. The Morgan fingerprint density at radius 1 is 1.09 bits per heavy atom. The van der Waals surface area contributed by atoms with Crippen molar-refractivity contribution in [3.05, 3.63) is 47.7 Å². The molecule has 1 fully saturated rings. The van der Waals surface area contributed by atoms with Crippen LogP contribution in [-0.4, -0.2) is 19.0 Å². The van der Waals surface area contributed by atoms with Gasteiger partial charge >= 0.3 is 11.9 Å². The second-order valence-corrected chi connectivity index (χ2v) is 5.81. The minimum absolute atomic E-state index is 0.474. The number of esters is 2. The third kappa shape index (κ3) is 4.45. The molecule has 2 rings (SSSR count). The highest BCUT2D eigenvalue weighted by Crippen LogP contribution is 2.35. The molecule has 0 saturated heterocycles. The van der Waals surface area contributed by atoms with Crippen LogP contribution < -0.4 is 0 Å². The van der Waals surface area contributed by atoms with Crippen LogP contribution in [0, 0.1) is 5.92 Å². The van der Waals surface area contributed by atoms with Gasteiger partial charge in [-0.25, -0.2) is 9.59 Å². The number of hydrogen-bond acceptors (Lipinski definition) is 4. The van der Waals surface area contributed by atoms with Crippen LogP contribution in [0.1, 0.15) is 54.4 Å². The fraction of sp³-hybridized carbons (Fsp3) is 0.444. The molecule has 118 valence electrons. The van der Waals surface area contributed by atoms with Gasteiger partial charge in [0, 0.05) is 0 Å². The summed E-state index contributed by atoms with van der Waals surface area (Å²) in [4.78, 5) is 22.7. The summed E-state index contributed by atoms with van der Waals surface area (Å²) in [5, 5.41) is 0. The number of carbonyl (C=O) groups is 2. The molecule has 1 aromatic carbocycles. The Morgan fingerprint density at radius 3 is 2.32 bits per heavy atom. The number of methoxy groups -OCH3 is 1. The van der Waals surface area contributed by atoms with E-state index in [1.807, 2.05) is 12.1 Å². The summed E-state index contributed by atoms with van der Waals surface area (Å²) in [5.41, 5.74) is 1.76. The SMILES string of the molecule is COC(=O)/C=C/OC(=O)c1ccc(C2CCC(C)CC2)cc1. The molecule has 1 aromatic rings. The first-order chi connectivity index (χ1) is 10.6. The van der Waals surface area contributed by atoms with E-state index in [1.54, 1.807) is 12.1 Å². The fourth-order valence-electron chi connectivity index (χ4n) is 2.77. The van der Waals surface area contributed by atoms with Gasteiger partial charge in [-0.3, -0.25) is 0 Å². The maximum Gasteiger partial charge on any atom is 0.342 e. The molecule has 1 saturated carbocycles. The summed E-state index contributed by atoms with van der Waals surface area (Å²) in [6, 6.07) is 7.56. The third-order valence-corrected chi connectivity index (χ3v) is 4.21. The molecule has 0 aromatic heterocycles. The van der Waals surface area contributed by atoms with Crippen molar-refractivity contribution in [1.82, 2.24) is 0 Å². The average molecular weight is 302 g/mol. The molecule has 0 atom stereocenters. The van der Waals surface area contributed by atoms with Gasteiger partial charge in [0.2, 0.25) is 0 Å². The molecule has 0 unspecified atom stereocenters. The van der Waals surface area contributed by atoms with Crippen LogP contribution in [0.15, 0.2) is 36.6 Å². The van der Waals surface area contributed by atoms with E-state index in [9.17, 15) is 9.59 Å². The van der Waals surface area contributed by atoms with Gasteiger partial charge in [0.15, 0.2) is 0 Å². The zero-order chi connectivity index (χ0) is 15.9. The monoisotopic (exact) mass is 302 g/mol. The van der Waals surface area contributed by atoms with Gasteiger partial charge in [0.1, 0.15) is 6.26 Å². The van der Waals surface area contributed by atoms with Crippen LogP contribution >= 0.6 is 0 Å². The number of benzene rings is 1. The maximum absolute atomic E-state index is 11.8. The second-order valence-electron chi connectivity index (χ2n) is 5.81. The van der Waals surface area contributed by atoms with Gasteiger partial charge in [-0.2, -0.15) is 0 Å². The van der Waals surface area contributed by atoms with Crippen LogP contribution in [0.25, 0.3) is 0 Å². The van der Waals surface area contributed by atoms with Gasteiger partial charge in [0.05, 0.1) is 18.7 Å². The van der Waals surface area contributed by atoms with Crippen LogP contribution in [0.4, 0.5) is 0 Å². The van der Waals surface area contributed by atoms with E-state index < -0.39 is 11.9 Å². The summed E-state index contributed by atoms with van der Waals surface area (Å²) >= 11 is 0. The molecule has 4 nitrogen and oxygen atoms in total. The Labute approximate surface area is 131 Å². The Morgan fingerprint density at radius 2 is 1.73 bits per heavy atom. The van der Waals surface area contributed by atoms with E-state index in [0.29, 0.717) is 11.5 Å². The predicted octanol–water partition coefficient (Wildman–Crippen LogP) is 3.82. The largest absolute Gasteiger partial charge is 0.466 e. The second kappa shape index (κ2) is 7.78. The lowest BCUT2D eigenvalue weighted by Gasteiger charge is -2.26. The molecular weight excluding hydrogens is 280 g/mol. The van der Waals surface area contributed by atoms with Gasteiger partial charge in [-0.1, -0.05) is 31.9 Å². The molecular formula is C18H22O4. The molecule has 0 aliphatic heterocycles. The van der Waals surface area contributed by atoms with Gasteiger partial charge in [-0.15, -0.1) is 0 Å². The Hall–Kier alpha value is -2.10. The zero-order valence-electron chi connectivity index (χ0n) is 13.1. The van der Waals surface area contributed by atoms with Crippen LogP contribution in [-0.2, 0) is 14.3 Å². The smallest absolute Gasteiger partial charge is 0.342 e. The molecule has 0 spiro atoms. The van der Waals surface area contributed by atoms with Crippen LogP contribution in [0.5, 0.6) is 0 Å². The highest BCUT2D eigenvalue weighted by atomic mass is 16.5. The number of rotatable bonds is 4. The number of carbonyl (C=O) groups excluding carboxylic acids is 2. The predicted molar refractivity (Wildman–Crippen MR) is 83.4 cm³/mol. The average Bonchev–Trinajstić information content (AvgIpc) is 2.55. The molecule has 22 heavy (non-hydrogen) atoms. The summed E-state index contributed by atoms with van der Waals surface area (Å²) in [6.07, 6.45) is 7.08. The highest BCUT2D eigenvalue weighted by Gasteiger charge is 2.19. The minimum atomic E-state index is -0.560. The Balaban J connectivity index is 1.92. The lowest BCUT2D eigenvalue weighted by Crippen LogP contribution is -2.11. The minimum Gasteiger partial charge on any atom is -0.466 e. The first-order valence-electron chi connectivity index (χ1n) is 7.65. The molecule has 1 aliphatic rings. The van der Waals surface area contributed by atoms with Gasteiger partial charge in [0.25, 0.3) is 0 Å². The standard InChI is InChI=1S/C18H22O4/c1-13-3-5-14(6-4-13)15-7-9-16(10-8-15)18(20)22-12-11-17(19)21-2/h7-14H,3-6H2,1-2H3/b12-11+. The van der Waals surface area contributed by atoms with Crippen molar-refractivity contribution in [2.45, 2.75) is 38.5 Å². The van der Waals surface area contributed by atoms with E-state index >= 15 is 0 Å². The number of hydrogen-bond donors (Lipinski definition) is 0. The molecule has 4 heteroatoms. The summed E-state index contributed by atoms with van der Waals surface area (Å²) in [5.74, 6) is 0.381. The van der Waals surface area contributed by atoms with E-state index in [2.05, 4.69) is 11.7 Å². The zero-order valence-corrected chi connectivity index (χ0v) is 13.1. The quantitative estimate of drug-likeness (QED) is 0.482. The van der Waals surface area contributed by atoms with E-state index in [1.165, 1.54) is 38.4 Å². The molecule has 0 N–H and O–H groups in total. The lowest BCUT2D eigenvalue weighted by atomic mass is 9.79.